The van der Waals surface area contributed by atoms with Crippen LogP contribution in [0.4, 0.5) is 0 Å². The van der Waals surface area contributed by atoms with Crippen molar-refractivity contribution in [3.05, 3.63) is 53.3 Å². The smallest absolute Gasteiger partial charge is 0.141 e. The van der Waals surface area contributed by atoms with Crippen LogP contribution in [-0.2, 0) is 13.0 Å². The standard InChI is InChI=1S/C16H20N2O2/c1-12-7-8-16(14(18-12)9-10-17)20-11-13-5-3-4-6-15(13)19-2/h3-8H,9-11,17H2,1-2H3. The van der Waals surface area contributed by atoms with Gasteiger partial charge in [-0.05, 0) is 31.7 Å². The van der Waals surface area contributed by atoms with E-state index < -0.39 is 0 Å². The van der Waals surface area contributed by atoms with Crippen molar-refractivity contribution in [2.24, 2.45) is 5.73 Å². The Labute approximate surface area is 119 Å². The van der Waals surface area contributed by atoms with Crippen molar-refractivity contribution in [1.82, 2.24) is 4.98 Å². The van der Waals surface area contributed by atoms with E-state index in [9.17, 15) is 0 Å². The number of hydrogen-bond donors (Lipinski definition) is 1. The van der Waals surface area contributed by atoms with Gasteiger partial charge in [0.05, 0.1) is 12.8 Å². The first-order valence-electron chi connectivity index (χ1n) is 6.66. The van der Waals surface area contributed by atoms with Gasteiger partial charge in [-0.2, -0.15) is 0 Å². The minimum Gasteiger partial charge on any atom is -0.496 e. The molecule has 0 saturated heterocycles. The van der Waals surface area contributed by atoms with Crippen LogP contribution in [0.5, 0.6) is 11.5 Å². The molecule has 106 valence electrons. The van der Waals surface area contributed by atoms with E-state index in [1.54, 1.807) is 7.11 Å². The van der Waals surface area contributed by atoms with Gasteiger partial charge in [-0.3, -0.25) is 4.98 Å². The molecule has 0 aliphatic heterocycles. The lowest BCUT2D eigenvalue weighted by Crippen LogP contribution is -2.08. The summed E-state index contributed by atoms with van der Waals surface area (Å²) < 4.78 is 11.2. The van der Waals surface area contributed by atoms with E-state index in [4.69, 9.17) is 15.2 Å². The first-order chi connectivity index (χ1) is 9.74. The molecule has 0 spiro atoms. The Balaban J connectivity index is 2.14. The van der Waals surface area contributed by atoms with Gasteiger partial charge >= 0.3 is 0 Å². The third kappa shape index (κ3) is 3.48. The number of nitrogens with two attached hydrogens (primary N) is 1. The van der Waals surface area contributed by atoms with Crippen molar-refractivity contribution < 1.29 is 9.47 Å². The highest BCUT2D eigenvalue weighted by Crippen LogP contribution is 2.22. The number of hydrogen-bond acceptors (Lipinski definition) is 4. The Hall–Kier alpha value is -2.07. The minimum absolute atomic E-state index is 0.451. The monoisotopic (exact) mass is 272 g/mol. The average molecular weight is 272 g/mol. The normalized spacial score (nSPS) is 10.3. The summed E-state index contributed by atoms with van der Waals surface area (Å²) in [6, 6.07) is 11.7. The number of para-hydroxylation sites is 1. The van der Waals surface area contributed by atoms with Gasteiger partial charge in [0.25, 0.3) is 0 Å². The van der Waals surface area contributed by atoms with Gasteiger partial charge in [-0.1, -0.05) is 18.2 Å². The van der Waals surface area contributed by atoms with E-state index in [1.165, 1.54) is 0 Å². The van der Waals surface area contributed by atoms with Gasteiger partial charge in [0.2, 0.25) is 0 Å². The summed E-state index contributed by atoms with van der Waals surface area (Å²) in [6.45, 7) is 2.97. The predicted octanol–water partition coefficient (Wildman–Crippen LogP) is 2.48. The molecule has 0 aliphatic rings. The van der Waals surface area contributed by atoms with Gasteiger partial charge < -0.3 is 15.2 Å². The van der Waals surface area contributed by atoms with Gasteiger partial charge in [-0.25, -0.2) is 0 Å². The molecule has 20 heavy (non-hydrogen) atoms. The van der Waals surface area contributed by atoms with Gasteiger partial charge in [0.1, 0.15) is 18.1 Å². The molecule has 4 heteroatoms. The van der Waals surface area contributed by atoms with Crippen molar-refractivity contribution in [2.75, 3.05) is 13.7 Å². The number of nitrogens with zero attached hydrogens (tertiary/aromatic N) is 1. The molecule has 2 rings (SSSR count). The Morgan fingerprint density at radius 3 is 2.65 bits per heavy atom. The van der Waals surface area contributed by atoms with Crippen LogP contribution in [0.2, 0.25) is 0 Å². The predicted molar refractivity (Wildman–Crippen MR) is 79.1 cm³/mol. The molecule has 0 aliphatic carbocycles. The average Bonchev–Trinajstić information content (AvgIpc) is 2.47. The molecule has 0 fully saturated rings. The highest BCUT2D eigenvalue weighted by molar-refractivity contribution is 5.34. The van der Waals surface area contributed by atoms with Gasteiger partial charge in [0.15, 0.2) is 0 Å². The van der Waals surface area contributed by atoms with E-state index >= 15 is 0 Å². The maximum absolute atomic E-state index is 5.88. The zero-order valence-electron chi connectivity index (χ0n) is 11.9. The molecule has 0 amide bonds. The second-order valence-corrected chi connectivity index (χ2v) is 4.54. The van der Waals surface area contributed by atoms with E-state index in [1.807, 2.05) is 43.3 Å². The highest BCUT2D eigenvalue weighted by Gasteiger charge is 2.07. The summed E-state index contributed by atoms with van der Waals surface area (Å²) >= 11 is 0. The summed E-state index contributed by atoms with van der Waals surface area (Å²) in [7, 11) is 1.66. The molecule has 2 aromatic rings. The first-order valence-corrected chi connectivity index (χ1v) is 6.66. The van der Waals surface area contributed by atoms with Gasteiger partial charge in [0, 0.05) is 17.7 Å². The zero-order chi connectivity index (χ0) is 14.4. The molecule has 0 bridgehead atoms. The third-order valence-corrected chi connectivity index (χ3v) is 3.03. The number of pyridine rings is 1. The lowest BCUT2D eigenvalue weighted by Gasteiger charge is -2.13. The molecule has 1 aromatic carbocycles. The molecule has 0 atom stereocenters. The van der Waals surface area contributed by atoms with Crippen LogP contribution in [0.3, 0.4) is 0 Å². The number of aryl methyl sites for hydroxylation is 1. The Morgan fingerprint density at radius 2 is 1.90 bits per heavy atom. The highest BCUT2D eigenvalue weighted by atomic mass is 16.5. The molecule has 2 N–H and O–H groups in total. The molecular weight excluding hydrogens is 252 g/mol. The second kappa shape index (κ2) is 6.91. The molecule has 0 unspecified atom stereocenters. The second-order valence-electron chi connectivity index (χ2n) is 4.54. The van der Waals surface area contributed by atoms with Crippen molar-refractivity contribution in [2.45, 2.75) is 20.0 Å². The van der Waals surface area contributed by atoms with Crippen LogP contribution in [0, 0.1) is 6.92 Å². The fourth-order valence-electron chi connectivity index (χ4n) is 2.02. The van der Waals surface area contributed by atoms with Crippen molar-refractivity contribution in [1.29, 1.82) is 0 Å². The summed E-state index contributed by atoms with van der Waals surface area (Å²) in [5.74, 6) is 1.61. The zero-order valence-corrected chi connectivity index (χ0v) is 11.9. The minimum atomic E-state index is 0.451. The Kier molecular flexibility index (Phi) is 4.96. The van der Waals surface area contributed by atoms with Crippen molar-refractivity contribution >= 4 is 0 Å². The number of benzene rings is 1. The fourth-order valence-corrected chi connectivity index (χ4v) is 2.02. The third-order valence-electron chi connectivity index (χ3n) is 3.03. The molecule has 1 heterocycles. The Bertz CT molecular complexity index is 570. The van der Waals surface area contributed by atoms with E-state index in [-0.39, 0.29) is 0 Å². The molecule has 0 saturated carbocycles. The summed E-state index contributed by atoms with van der Waals surface area (Å²) in [4.78, 5) is 4.48. The van der Waals surface area contributed by atoms with Crippen LogP contribution in [0.25, 0.3) is 0 Å². The van der Waals surface area contributed by atoms with Crippen molar-refractivity contribution in [3.8, 4) is 11.5 Å². The molecular formula is C16H20N2O2. The molecule has 1 aromatic heterocycles. The SMILES string of the molecule is COc1ccccc1COc1ccc(C)nc1CCN. The van der Waals surface area contributed by atoms with Gasteiger partial charge in [-0.15, -0.1) is 0 Å². The topological polar surface area (TPSA) is 57.4 Å². The summed E-state index contributed by atoms with van der Waals surface area (Å²) in [5.41, 5.74) is 8.50. The van der Waals surface area contributed by atoms with Crippen molar-refractivity contribution in [3.63, 3.8) is 0 Å². The quantitative estimate of drug-likeness (QED) is 0.877. The molecule has 4 nitrogen and oxygen atoms in total. The van der Waals surface area contributed by atoms with Crippen LogP contribution in [0.15, 0.2) is 36.4 Å². The first kappa shape index (κ1) is 14.3. The van der Waals surface area contributed by atoms with E-state index in [0.717, 1.165) is 28.5 Å². The van der Waals surface area contributed by atoms with Crippen LogP contribution in [-0.4, -0.2) is 18.6 Å². The largest absolute Gasteiger partial charge is 0.496 e. The maximum Gasteiger partial charge on any atom is 0.141 e. The fraction of sp³-hybridized carbons (Fsp3) is 0.312. The van der Waals surface area contributed by atoms with E-state index in [2.05, 4.69) is 4.98 Å². The van der Waals surface area contributed by atoms with Crippen LogP contribution >= 0.6 is 0 Å². The summed E-state index contributed by atoms with van der Waals surface area (Å²) in [6.07, 6.45) is 0.711. The number of ether oxygens (including phenoxy) is 2. The number of rotatable bonds is 6. The lowest BCUT2D eigenvalue weighted by atomic mass is 10.2. The maximum atomic E-state index is 5.88. The lowest BCUT2D eigenvalue weighted by molar-refractivity contribution is 0.292. The van der Waals surface area contributed by atoms with E-state index in [0.29, 0.717) is 19.6 Å². The number of aromatic nitrogens is 1. The summed E-state index contributed by atoms with van der Waals surface area (Å²) in [5, 5.41) is 0. The molecule has 0 radical (unpaired) electrons. The Morgan fingerprint density at radius 1 is 1.10 bits per heavy atom. The number of methoxy groups -OCH3 is 1. The van der Waals surface area contributed by atoms with Crippen LogP contribution < -0.4 is 15.2 Å². The van der Waals surface area contributed by atoms with Crippen LogP contribution in [0.1, 0.15) is 17.0 Å².